The van der Waals surface area contributed by atoms with Crippen molar-refractivity contribution in [3.05, 3.63) is 71.3 Å². The standard InChI is InChI=1S/C23H26N2O4/c1-16-6-5-9-18(12-16)15-25-19(10-11-22(25)27)14-21(26)24-20(23(28)29)13-17-7-3-2-4-8-17/h2-9,12,19-20H,10-11,13-15H2,1H3,(H,24,26)(H,28,29)/t19?,20-/m1/s1. The zero-order valence-electron chi connectivity index (χ0n) is 16.5. The molecule has 1 fully saturated rings. The highest BCUT2D eigenvalue weighted by atomic mass is 16.4. The summed E-state index contributed by atoms with van der Waals surface area (Å²) < 4.78 is 0. The van der Waals surface area contributed by atoms with Crippen molar-refractivity contribution >= 4 is 17.8 Å². The maximum absolute atomic E-state index is 12.6. The van der Waals surface area contributed by atoms with Gasteiger partial charge in [-0.05, 0) is 24.5 Å². The first-order chi connectivity index (χ1) is 13.9. The SMILES string of the molecule is Cc1cccc(CN2C(=O)CCC2CC(=O)N[C@H](Cc2ccccc2)C(=O)O)c1. The molecule has 1 aliphatic heterocycles. The molecule has 0 saturated carbocycles. The molecule has 0 aliphatic carbocycles. The van der Waals surface area contributed by atoms with E-state index in [1.807, 2.05) is 61.5 Å². The van der Waals surface area contributed by atoms with Crippen molar-refractivity contribution < 1.29 is 19.5 Å². The van der Waals surface area contributed by atoms with E-state index in [1.165, 1.54) is 0 Å². The van der Waals surface area contributed by atoms with Crippen LogP contribution in [0.4, 0.5) is 0 Å². The monoisotopic (exact) mass is 394 g/mol. The van der Waals surface area contributed by atoms with Crippen molar-refractivity contribution in [2.24, 2.45) is 0 Å². The minimum absolute atomic E-state index is 0.0309. The molecular weight excluding hydrogens is 368 g/mol. The van der Waals surface area contributed by atoms with Gasteiger partial charge in [0.1, 0.15) is 6.04 Å². The third kappa shape index (κ3) is 5.67. The van der Waals surface area contributed by atoms with Crippen molar-refractivity contribution in [2.75, 3.05) is 0 Å². The Morgan fingerprint density at radius 3 is 2.55 bits per heavy atom. The molecule has 2 aromatic rings. The van der Waals surface area contributed by atoms with Gasteiger partial charge in [-0.25, -0.2) is 4.79 Å². The summed E-state index contributed by atoms with van der Waals surface area (Å²) in [6, 6.07) is 15.9. The smallest absolute Gasteiger partial charge is 0.326 e. The Labute approximate surface area is 170 Å². The third-order valence-corrected chi connectivity index (χ3v) is 5.22. The Morgan fingerprint density at radius 1 is 1.14 bits per heavy atom. The molecule has 2 amide bonds. The lowest BCUT2D eigenvalue weighted by Crippen LogP contribution is -2.45. The minimum Gasteiger partial charge on any atom is -0.480 e. The molecule has 6 nitrogen and oxygen atoms in total. The van der Waals surface area contributed by atoms with Crippen molar-refractivity contribution in [2.45, 2.75) is 51.2 Å². The third-order valence-electron chi connectivity index (χ3n) is 5.22. The van der Waals surface area contributed by atoms with Crippen molar-refractivity contribution in [1.82, 2.24) is 10.2 Å². The van der Waals surface area contributed by atoms with E-state index in [0.29, 0.717) is 19.4 Å². The lowest BCUT2D eigenvalue weighted by Gasteiger charge is -2.25. The molecular formula is C23H26N2O4. The first kappa shape index (κ1) is 20.6. The number of likely N-dealkylation sites (tertiary alicyclic amines) is 1. The van der Waals surface area contributed by atoms with Crippen molar-refractivity contribution in [3.63, 3.8) is 0 Å². The number of carbonyl (C=O) groups is 3. The second-order valence-electron chi connectivity index (χ2n) is 7.56. The molecule has 0 radical (unpaired) electrons. The molecule has 2 atom stereocenters. The predicted octanol–water partition coefficient (Wildman–Crippen LogP) is 2.69. The Morgan fingerprint density at radius 2 is 1.86 bits per heavy atom. The summed E-state index contributed by atoms with van der Waals surface area (Å²) in [5.41, 5.74) is 2.99. The van der Waals surface area contributed by atoms with Gasteiger partial charge in [-0.3, -0.25) is 9.59 Å². The van der Waals surface area contributed by atoms with Crippen LogP contribution in [0.25, 0.3) is 0 Å². The van der Waals surface area contributed by atoms with Gasteiger partial charge in [-0.1, -0.05) is 60.2 Å². The maximum Gasteiger partial charge on any atom is 0.326 e. The van der Waals surface area contributed by atoms with Gasteiger partial charge in [0.15, 0.2) is 0 Å². The van der Waals surface area contributed by atoms with E-state index in [-0.39, 0.29) is 30.7 Å². The second kappa shape index (κ2) is 9.37. The van der Waals surface area contributed by atoms with Crippen LogP contribution < -0.4 is 5.32 Å². The Kier molecular flexibility index (Phi) is 6.65. The van der Waals surface area contributed by atoms with Gasteiger partial charge in [-0.2, -0.15) is 0 Å². The quantitative estimate of drug-likeness (QED) is 0.721. The van der Waals surface area contributed by atoms with Gasteiger partial charge in [0.05, 0.1) is 0 Å². The van der Waals surface area contributed by atoms with Crippen LogP contribution >= 0.6 is 0 Å². The number of nitrogens with one attached hydrogen (secondary N) is 1. The molecule has 1 aliphatic rings. The highest BCUT2D eigenvalue weighted by Gasteiger charge is 2.33. The summed E-state index contributed by atoms with van der Waals surface area (Å²) in [5, 5.41) is 12.1. The van der Waals surface area contributed by atoms with Crippen LogP contribution in [-0.2, 0) is 27.3 Å². The van der Waals surface area contributed by atoms with Gasteiger partial charge in [0.25, 0.3) is 0 Å². The number of hydrogen-bond donors (Lipinski definition) is 2. The Hall–Kier alpha value is -3.15. The van der Waals surface area contributed by atoms with E-state index in [2.05, 4.69) is 5.32 Å². The number of rotatable bonds is 8. The lowest BCUT2D eigenvalue weighted by atomic mass is 10.0. The molecule has 29 heavy (non-hydrogen) atoms. The highest BCUT2D eigenvalue weighted by molar-refractivity contribution is 5.85. The van der Waals surface area contributed by atoms with E-state index in [9.17, 15) is 19.5 Å². The van der Waals surface area contributed by atoms with E-state index < -0.39 is 12.0 Å². The fraction of sp³-hybridized carbons (Fsp3) is 0.348. The molecule has 3 rings (SSSR count). The molecule has 1 unspecified atom stereocenters. The summed E-state index contributed by atoms with van der Waals surface area (Å²) >= 11 is 0. The summed E-state index contributed by atoms with van der Waals surface area (Å²) in [4.78, 5) is 38.2. The summed E-state index contributed by atoms with van der Waals surface area (Å²) in [5.74, 6) is -1.38. The van der Waals surface area contributed by atoms with Crippen molar-refractivity contribution in [1.29, 1.82) is 0 Å². The molecule has 1 heterocycles. The van der Waals surface area contributed by atoms with Crippen LogP contribution in [-0.4, -0.2) is 39.9 Å². The fourth-order valence-electron chi connectivity index (χ4n) is 3.75. The average molecular weight is 394 g/mol. The van der Waals surface area contributed by atoms with Crippen LogP contribution in [0.5, 0.6) is 0 Å². The van der Waals surface area contributed by atoms with Crippen LogP contribution in [0, 0.1) is 6.92 Å². The van der Waals surface area contributed by atoms with E-state index in [1.54, 1.807) is 4.90 Å². The predicted molar refractivity (Wildman–Crippen MR) is 109 cm³/mol. The number of carbonyl (C=O) groups excluding carboxylic acids is 2. The number of aliphatic carboxylic acids is 1. The van der Waals surface area contributed by atoms with Gasteiger partial charge >= 0.3 is 5.97 Å². The van der Waals surface area contributed by atoms with Crippen LogP contribution in [0.3, 0.4) is 0 Å². The maximum atomic E-state index is 12.6. The fourth-order valence-corrected chi connectivity index (χ4v) is 3.75. The number of carboxylic acid groups (broad SMARTS) is 1. The molecule has 1 saturated heterocycles. The molecule has 6 heteroatoms. The second-order valence-corrected chi connectivity index (χ2v) is 7.56. The lowest BCUT2D eigenvalue weighted by molar-refractivity contribution is -0.142. The van der Waals surface area contributed by atoms with E-state index in [4.69, 9.17) is 0 Å². The number of benzene rings is 2. The topological polar surface area (TPSA) is 86.7 Å². The molecule has 152 valence electrons. The van der Waals surface area contributed by atoms with Crippen LogP contribution in [0.1, 0.15) is 36.0 Å². The van der Waals surface area contributed by atoms with Crippen LogP contribution in [0.2, 0.25) is 0 Å². The first-order valence-corrected chi connectivity index (χ1v) is 9.83. The number of nitrogens with zero attached hydrogens (tertiary/aromatic N) is 1. The number of amides is 2. The number of aryl methyl sites for hydroxylation is 1. The van der Waals surface area contributed by atoms with E-state index >= 15 is 0 Å². The summed E-state index contributed by atoms with van der Waals surface area (Å²) in [6.07, 6.45) is 1.35. The summed E-state index contributed by atoms with van der Waals surface area (Å²) in [7, 11) is 0. The first-order valence-electron chi connectivity index (χ1n) is 9.83. The van der Waals surface area contributed by atoms with E-state index in [0.717, 1.165) is 16.7 Å². The summed E-state index contributed by atoms with van der Waals surface area (Å²) in [6.45, 7) is 2.46. The zero-order valence-corrected chi connectivity index (χ0v) is 16.5. The molecule has 2 N–H and O–H groups in total. The van der Waals surface area contributed by atoms with Gasteiger partial charge in [0, 0.05) is 31.8 Å². The number of hydrogen-bond acceptors (Lipinski definition) is 3. The highest BCUT2D eigenvalue weighted by Crippen LogP contribution is 2.24. The largest absolute Gasteiger partial charge is 0.480 e. The van der Waals surface area contributed by atoms with Crippen molar-refractivity contribution in [3.8, 4) is 0 Å². The molecule has 0 aromatic heterocycles. The van der Waals surface area contributed by atoms with Gasteiger partial charge in [-0.15, -0.1) is 0 Å². The average Bonchev–Trinajstić information content (AvgIpc) is 3.01. The molecule has 0 bridgehead atoms. The van der Waals surface area contributed by atoms with Gasteiger partial charge < -0.3 is 15.3 Å². The number of carboxylic acids is 1. The Balaban J connectivity index is 1.61. The van der Waals surface area contributed by atoms with Gasteiger partial charge in [0.2, 0.25) is 11.8 Å². The zero-order chi connectivity index (χ0) is 20.8. The Bertz CT molecular complexity index is 881. The molecule has 0 spiro atoms. The van der Waals surface area contributed by atoms with Crippen LogP contribution in [0.15, 0.2) is 54.6 Å². The minimum atomic E-state index is -1.07. The molecule has 2 aromatic carbocycles. The normalized spacial score (nSPS) is 17.2.